The van der Waals surface area contributed by atoms with Gasteiger partial charge < -0.3 is 4.74 Å². The topological polar surface area (TPSA) is 43.4 Å². The highest BCUT2D eigenvalue weighted by Gasteiger charge is 2.46. The number of ketones is 1. The molecule has 2 rings (SSSR count). The molecule has 0 amide bonds. The molecule has 16 heavy (non-hydrogen) atoms. The van der Waals surface area contributed by atoms with E-state index in [4.69, 9.17) is 4.74 Å². The minimum atomic E-state index is -0.285. The van der Waals surface area contributed by atoms with E-state index in [9.17, 15) is 9.59 Å². The number of ether oxygens (including phenoxy) is 1. The molecule has 0 heterocycles. The van der Waals surface area contributed by atoms with Crippen molar-refractivity contribution in [2.45, 2.75) is 45.4 Å². The Morgan fingerprint density at radius 1 is 1.50 bits per heavy atom. The van der Waals surface area contributed by atoms with Crippen molar-refractivity contribution < 1.29 is 14.3 Å². The van der Waals surface area contributed by atoms with Crippen molar-refractivity contribution in [2.24, 2.45) is 5.41 Å². The molecule has 1 saturated carbocycles. The molecule has 88 valence electrons. The van der Waals surface area contributed by atoms with E-state index in [0.29, 0.717) is 25.2 Å². The summed E-state index contributed by atoms with van der Waals surface area (Å²) >= 11 is 0. The zero-order valence-corrected chi connectivity index (χ0v) is 9.75. The van der Waals surface area contributed by atoms with E-state index in [0.717, 1.165) is 31.3 Å². The number of Topliss-reactive ketones (excluding diaryl/α,β-unsaturated/α-hetero) is 1. The largest absolute Gasteiger partial charge is 0.466 e. The molecular formula is C13H18O3. The number of hydrogen-bond acceptors (Lipinski definition) is 3. The Kier molecular flexibility index (Phi) is 3.13. The summed E-state index contributed by atoms with van der Waals surface area (Å²) in [6, 6.07) is 0. The maximum absolute atomic E-state index is 12.0. The fourth-order valence-electron chi connectivity index (χ4n) is 2.99. The number of esters is 1. The first-order chi connectivity index (χ1) is 7.69. The Bertz CT molecular complexity index is 343. The predicted octanol–water partition coefficient (Wildman–Crippen LogP) is 2.40. The van der Waals surface area contributed by atoms with Crippen LogP contribution in [0, 0.1) is 5.41 Å². The molecule has 1 spiro atoms. The van der Waals surface area contributed by atoms with Crippen LogP contribution in [0.5, 0.6) is 0 Å². The molecular weight excluding hydrogens is 204 g/mol. The highest BCUT2D eigenvalue weighted by molar-refractivity contribution is 5.91. The molecule has 0 aromatic heterocycles. The van der Waals surface area contributed by atoms with Crippen molar-refractivity contribution in [3.05, 3.63) is 11.6 Å². The SMILES string of the molecule is CCOC(=O)CC1=CCCC12CCCC2=O. The Morgan fingerprint density at radius 2 is 2.31 bits per heavy atom. The van der Waals surface area contributed by atoms with Crippen molar-refractivity contribution in [2.75, 3.05) is 6.61 Å². The van der Waals surface area contributed by atoms with Gasteiger partial charge in [0.1, 0.15) is 5.78 Å². The van der Waals surface area contributed by atoms with Crippen molar-refractivity contribution >= 4 is 11.8 Å². The molecule has 3 nitrogen and oxygen atoms in total. The van der Waals surface area contributed by atoms with Crippen LogP contribution in [0.25, 0.3) is 0 Å². The summed E-state index contributed by atoms with van der Waals surface area (Å²) < 4.78 is 4.95. The average Bonchev–Trinajstić information content (AvgIpc) is 2.78. The van der Waals surface area contributed by atoms with Crippen LogP contribution < -0.4 is 0 Å². The Morgan fingerprint density at radius 3 is 2.94 bits per heavy atom. The quantitative estimate of drug-likeness (QED) is 0.544. The summed E-state index contributed by atoms with van der Waals surface area (Å²) in [6.07, 6.45) is 6.79. The standard InChI is InChI=1S/C13H18O3/c1-2-16-12(15)9-10-5-3-7-13(10)8-4-6-11(13)14/h5H,2-4,6-9H2,1H3. The number of carbonyl (C=O) groups excluding carboxylic acids is 2. The van der Waals surface area contributed by atoms with Gasteiger partial charge >= 0.3 is 5.97 Å². The van der Waals surface area contributed by atoms with Crippen LogP contribution in [-0.4, -0.2) is 18.4 Å². The first-order valence-corrected chi connectivity index (χ1v) is 6.07. The first-order valence-electron chi connectivity index (χ1n) is 6.07. The van der Waals surface area contributed by atoms with E-state index in [1.54, 1.807) is 6.92 Å². The second-order valence-electron chi connectivity index (χ2n) is 4.61. The van der Waals surface area contributed by atoms with Gasteiger partial charge in [-0.2, -0.15) is 0 Å². The van der Waals surface area contributed by atoms with E-state index in [1.807, 2.05) is 0 Å². The smallest absolute Gasteiger partial charge is 0.309 e. The molecule has 0 aromatic rings. The summed E-state index contributed by atoms with van der Waals surface area (Å²) in [4.78, 5) is 23.4. The molecule has 2 aliphatic carbocycles. The van der Waals surface area contributed by atoms with Gasteiger partial charge in [-0.1, -0.05) is 6.08 Å². The first kappa shape index (κ1) is 11.4. The van der Waals surface area contributed by atoms with Crippen molar-refractivity contribution in [3.8, 4) is 0 Å². The van der Waals surface area contributed by atoms with Gasteiger partial charge in [-0.3, -0.25) is 9.59 Å². The molecule has 3 heteroatoms. The maximum atomic E-state index is 12.0. The molecule has 0 saturated heterocycles. The number of rotatable bonds is 3. The minimum absolute atomic E-state index is 0.199. The van der Waals surface area contributed by atoms with Gasteiger partial charge in [0.25, 0.3) is 0 Å². The summed E-state index contributed by atoms with van der Waals surface area (Å²) in [5, 5.41) is 0. The fourth-order valence-corrected chi connectivity index (χ4v) is 2.99. The predicted molar refractivity (Wildman–Crippen MR) is 59.9 cm³/mol. The molecule has 0 aromatic carbocycles. The summed E-state index contributed by atoms with van der Waals surface area (Å²) in [6.45, 7) is 2.21. The molecule has 0 bridgehead atoms. The lowest BCUT2D eigenvalue weighted by Gasteiger charge is -2.25. The van der Waals surface area contributed by atoms with E-state index in [-0.39, 0.29) is 11.4 Å². The van der Waals surface area contributed by atoms with Crippen LogP contribution in [0.3, 0.4) is 0 Å². The Labute approximate surface area is 95.9 Å². The Hall–Kier alpha value is -1.12. The van der Waals surface area contributed by atoms with Crippen LogP contribution >= 0.6 is 0 Å². The van der Waals surface area contributed by atoms with E-state index in [2.05, 4.69) is 6.08 Å². The lowest BCUT2D eigenvalue weighted by atomic mass is 9.77. The summed E-state index contributed by atoms with van der Waals surface area (Å²) in [5.74, 6) is 0.135. The lowest BCUT2D eigenvalue weighted by molar-refractivity contribution is -0.142. The van der Waals surface area contributed by atoms with Crippen LogP contribution in [0.15, 0.2) is 11.6 Å². The van der Waals surface area contributed by atoms with Gasteiger partial charge in [0.05, 0.1) is 18.4 Å². The average molecular weight is 222 g/mol. The monoisotopic (exact) mass is 222 g/mol. The Balaban J connectivity index is 2.09. The molecule has 1 atom stereocenters. The molecule has 0 radical (unpaired) electrons. The number of allylic oxidation sites excluding steroid dienone is 1. The van der Waals surface area contributed by atoms with E-state index in [1.165, 1.54) is 0 Å². The van der Waals surface area contributed by atoms with E-state index < -0.39 is 0 Å². The zero-order chi connectivity index (χ0) is 11.6. The van der Waals surface area contributed by atoms with Crippen LogP contribution in [0.1, 0.15) is 45.4 Å². The molecule has 1 unspecified atom stereocenters. The van der Waals surface area contributed by atoms with Crippen LogP contribution in [0.2, 0.25) is 0 Å². The second-order valence-corrected chi connectivity index (χ2v) is 4.61. The van der Waals surface area contributed by atoms with Crippen molar-refractivity contribution in [1.29, 1.82) is 0 Å². The minimum Gasteiger partial charge on any atom is -0.466 e. The molecule has 0 N–H and O–H groups in total. The third-order valence-corrected chi connectivity index (χ3v) is 3.76. The van der Waals surface area contributed by atoms with Gasteiger partial charge in [-0.25, -0.2) is 0 Å². The lowest BCUT2D eigenvalue weighted by Crippen LogP contribution is -2.26. The van der Waals surface area contributed by atoms with Crippen LogP contribution in [-0.2, 0) is 14.3 Å². The fraction of sp³-hybridized carbons (Fsp3) is 0.692. The van der Waals surface area contributed by atoms with Crippen LogP contribution in [0.4, 0.5) is 0 Å². The van der Waals surface area contributed by atoms with Crippen molar-refractivity contribution in [1.82, 2.24) is 0 Å². The molecule has 0 aliphatic heterocycles. The third-order valence-electron chi connectivity index (χ3n) is 3.76. The maximum Gasteiger partial charge on any atom is 0.309 e. The van der Waals surface area contributed by atoms with Gasteiger partial charge in [0, 0.05) is 6.42 Å². The normalized spacial score (nSPS) is 28.6. The van der Waals surface area contributed by atoms with Gasteiger partial charge in [0.2, 0.25) is 0 Å². The summed E-state index contributed by atoms with van der Waals surface area (Å²) in [7, 11) is 0. The number of hydrogen-bond donors (Lipinski definition) is 0. The van der Waals surface area contributed by atoms with E-state index >= 15 is 0 Å². The highest BCUT2D eigenvalue weighted by atomic mass is 16.5. The van der Waals surface area contributed by atoms with Gasteiger partial charge in [-0.15, -0.1) is 0 Å². The zero-order valence-electron chi connectivity index (χ0n) is 9.75. The molecule has 1 fully saturated rings. The number of carbonyl (C=O) groups is 2. The third kappa shape index (κ3) is 1.79. The second kappa shape index (κ2) is 4.40. The highest BCUT2D eigenvalue weighted by Crippen LogP contribution is 2.50. The summed E-state index contributed by atoms with van der Waals surface area (Å²) in [5.41, 5.74) is 0.737. The van der Waals surface area contributed by atoms with Gasteiger partial charge in [0.15, 0.2) is 0 Å². The molecule has 2 aliphatic rings. The van der Waals surface area contributed by atoms with Crippen molar-refractivity contribution in [3.63, 3.8) is 0 Å². The van der Waals surface area contributed by atoms with Gasteiger partial charge in [-0.05, 0) is 38.2 Å².